The number of nitrogens with one attached hydrogen (secondary N) is 3. The van der Waals surface area contributed by atoms with Gasteiger partial charge in [-0.15, -0.1) is 0 Å². The zero-order valence-corrected chi connectivity index (χ0v) is 17.3. The second-order valence-corrected chi connectivity index (χ2v) is 7.82. The van der Waals surface area contributed by atoms with Crippen LogP contribution in [-0.2, 0) is 6.54 Å². The molecule has 156 valence electrons. The molecule has 0 spiro atoms. The lowest BCUT2D eigenvalue weighted by Gasteiger charge is -2.15. The number of aromatic amines is 1. The fraction of sp³-hybridized carbons (Fsp3) is 0.318. The number of H-pyrrole nitrogens is 1. The Balaban J connectivity index is 1.37. The largest absolute Gasteiger partial charge is 0.381 e. The van der Waals surface area contributed by atoms with Crippen molar-refractivity contribution in [3.8, 4) is 0 Å². The van der Waals surface area contributed by atoms with E-state index < -0.39 is 0 Å². The number of fused-ring (bicyclic) bond motifs is 1. The molecule has 0 bridgehead atoms. The van der Waals surface area contributed by atoms with Gasteiger partial charge in [-0.2, -0.15) is 5.10 Å². The first-order valence-corrected chi connectivity index (χ1v) is 10.5. The van der Waals surface area contributed by atoms with Crippen molar-refractivity contribution in [3.05, 3.63) is 69.1 Å². The summed E-state index contributed by atoms with van der Waals surface area (Å²) < 4.78 is 0. The van der Waals surface area contributed by atoms with Gasteiger partial charge in [-0.1, -0.05) is 23.7 Å². The summed E-state index contributed by atoms with van der Waals surface area (Å²) in [6.07, 6.45) is 2.50. The quantitative estimate of drug-likeness (QED) is 0.541. The van der Waals surface area contributed by atoms with E-state index in [1.165, 1.54) is 12.8 Å². The molecule has 1 amide bonds. The third-order valence-corrected chi connectivity index (χ3v) is 5.63. The number of carbonyl (C=O) groups excluding carboxylic acids is 1. The van der Waals surface area contributed by atoms with E-state index in [9.17, 15) is 9.59 Å². The van der Waals surface area contributed by atoms with Gasteiger partial charge < -0.3 is 15.5 Å². The van der Waals surface area contributed by atoms with Crippen LogP contribution in [0.5, 0.6) is 0 Å². The van der Waals surface area contributed by atoms with Gasteiger partial charge in [-0.3, -0.25) is 9.59 Å². The predicted molar refractivity (Wildman–Crippen MR) is 119 cm³/mol. The maximum absolute atomic E-state index is 12.5. The molecule has 1 aliphatic rings. The van der Waals surface area contributed by atoms with E-state index in [1.807, 2.05) is 30.3 Å². The Morgan fingerprint density at radius 3 is 2.80 bits per heavy atom. The molecular formula is C22H24ClN5O2. The van der Waals surface area contributed by atoms with Crippen LogP contribution < -0.4 is 16.2 Å². The number of hydrogen-bond acceptors (Lipinski definition) is 5. The highest BCUT2D eigenvalue weighted by atomic mass is 35.5. The van der Waals surface area contributed by atoms with Gasteiger partial charge in [0.05, 0.1) is 5.39 Å². The number of halogens is 1. The molecule has 2 aromatic carbocycles. The molecule has 8 heteroatoms. The summed E-state index contributed by atoms with van der Waals surface area (Å²) >= 11 is 6.03. The summed E-state index contributed by atoms with van der Waals surface area (Å²) in [6, 6.07) is 12.9. The molecule has 1 saturated heterocycles. The van der Waals surface area contributed by atoms with Crippen molar-refractivity contribution in [1.29, 1.82) is 0 Å². The summed E-state index contributed by atoms with van der Waals surface area (Å²) in [5.74, 6) is -0.0598. The average molecular weight is 426 g/mol. The van der Waals surface area contributed by atoms with Crippen LogP contribution in [0.3, 0.4) is 0 Å². The van der Waals surface area contributed by atoms with Crippen LogP contribution in [0, 0.1) is 0 Å². The first kappa shape index (κ1) is 20.4. The van der Waals surface area contributed by atoms with Crippen molar-refractivity contribution in [2.45, 2.75) is 19.4 Å². The molecular weight excluding hydrogens is 402 g/mol. The van der Waals surface area contributed by atoms with Crippen molar-refractivity contribution in [2.24, 2.45) is 0 Å². The van der Waals surface area contributed by atoms with Gasteiger partial charge in [0, 0.05) is 36.3 Å². The summed E-state index contributed by atoms with van der Waals surface area (Å²) in [6.45, 7) is 4.33. The molecule has 0 unspecified atom stereocenters. The first-order valence-electron chi connectivity index (χ1n) is 10.1. The zero-order chi connectivity index (χ0) is 20.9. The maximum atomic E-state index is 12.5. The average Bonchev–Trinajstić information content (AvgIpc) is 3.28. The fourth-order valence-electron chi connectivity index (χ4n) is 3.70. The minimum absolute atomic E-state index is 0.0598. The highest BCUT2D eigenvalue weighted by molar-refractivity contribution is 6.34. The zero-order valence-electron chi connectivity index (χ0n) is 16.6. The molecule has 3 N–H and O–H groups in total. The number of aromatic nitrogens is 2. The summed E-state index contributed by atoms with van der Waals surface area (Å²) in [5.41, 5.74) is 2.12. The van der Waals surface area contributed by atoms with Gasteiger partial charge in [-0.05, 0) is 61.8 Å². The van der Waals surface area contributed by atoms with Gasteiger partial charge in [-0.25, -0.2) is 5.10 Å². The monoisotopic (exact) mass is 425 g/mol. The molecule has 1 fully saturated rings. The molecule has 3 aromatic rings. The number of benzene rings is 2. The van der Waals surface area contributed by atoms with Crippen LogP contribution in [0.4, 0.5) is 5.69 Å². The number of amides is 1. The molecule has 4 rings (SSSR count). The first-order chi connectivity index (χ1) is 14.6. The topological polar surface area (TPSA) is 90.1 Å². The Hall–Kier alpha value is -2.90. The van der Waals surface area contributed by atoms with E-state index in [4.69, 9.17) is 11.6 Å². The van der Waals surface area contributed by atoms with Crippen molar-refractivity contribution in [3.63, 3.8) is 0 Å². The second kappa shape index (κ2) is 9.28. The van der Waals surface area contributed by atoms with Crippen molar-refractivity contribution in [1.82, 2.24) is 20.4 Å². The smallest absolute Gasteiger partial charge is 0.272 e. The molecule has 0 atom stereocenters. The third kappa shape index (κ3) is 4.80. The Labute approximate surface area is 179 Å². The molecule has 2 heterocycles. The molecule has 1 aromatic heterocycles. The van der Waals surface area contributed by atoms with Crippen LogP contribution >= 0.6 is 11.6 Å². The predicted octanol–water partition coefficient (Wildman–Crippen LogP) is 3.01. The van der Waals surface area contributed by atoms with E-state index in [-0.39, 0.29) is 16.6 Å². The number of likely N-dealkylation sites (tertiary alicyclic amines) is 1. The van der Waals surface area contributed by atoms with Crippen molar-refractivity contribution < 1.29 is 4.79 Å². The van der Waals surface area contributed by atoms with Crippen LogP contribution in [-0.4, -0.2) is 47.2 Å². The van der Waals surface area contributed by atoms with Crippen LogP contribution in [0.1, 0.15) is 28.8 Å². The normalized spacial score (nSPS) is 14.2. The van der Waals surface area contributed by atoms with Gasteiger partial charge >= 0.3 is 0 Å². The number of hydrogen-bond donors (Lipinski definition) is 3. The van der Waals surface area contributed by atoms with Gasteiger partial charge in [0.15, 0.2) is 5.15 Å². The van der Waals surface area contributed by atoms with Crippen molar-refractivity contribution in [2.75, 3.05) is 31.5 Å². The molecule has 30 heavy (non-hydrogen) atoms. The number of carbonyl (C=O) groups is 1. The van der Waals surface area contributed by atoms with Crippen molar-refractivity contribution >= 4 is 34.0 Å². The number of rotatable bonds is 7. The van der Waals surface area contributed by atoms with Crippen LogP contribution in [0.2, 0.25) is 5.15 Å². The number of nitrogens with zero attached hydrogens (tertiary/aromatic N) is 2. The summed E-state index contributed by atoms with van der Waals surface area (Å²) in [4.78, 5) is 26.8. The van der Waals surface area contributed by atoms with E-state index in [0.717, 1.165) is 30.9 Å². The van der Waals surface area contributed by atoms with E-state index in [2.05, 4.69) is 25.7 Å². The van der Waals surface area contributed by atoms with E-state index >= 15 is 0 Å². The Bertz CT molecular complexity index is 1110. The maximum Gasteiger partial charge on any atom is 0.272 e. The standard InChI is InChI=1S/C22H24ClN5O2/c23-20-18-7-6-17(13-19(18)22(30)27-26-20)25-14-15-4-3-5-16(12-15)21(29)24-8-11-28-9-1-2-10-28/h3-7,12-13,25H,1-2,8-11,14H2,(H,24,29)(H,27,30). The van der Waals surface area contributed by atoms with E-state index in [1.54, 1.807) is 12.1 Å². The SMILES string of the molecule is O=C(NCCN1CCCC1)c1cccc(CNc2ccc3c(Cl)n[nH]c(=O)c3c2)c1. The lowest BCUT2D eigenvalue weighted by atomic mass is 10.1. The lowest BCUT2D eigenvalue weighted by molar-refractivity contribution is 0.0949. The van der Waals surface area contributed by atoms with E-state index in [0.29, 0.717) is 29.4 Å². The molecule has 0 radical (unpaired) electrons. The number of anilines is 1. The minimum atomic E-state index is -0.286. The fourth-order valence-corrected chi connectivity index (χ4v) is 3.91. The second-order valence-electron chi connectivity index (χ2n) is 7.46. The van der Waals surface area contributed by atoms with Crippen LogP contribution in [0.15, 0.2) is 47.3 Å². The Morgan fingerprint density at radius 1 is 1.13 bits per heavy atom. The van der Waals surface area contributed by atoms with Gasteiger partial charge in [0.2, 0.25) is 0 Å². The molecule has 1 aliphatic heterocycles. The lowest BCUT2D eigenvalue weighted by Crippen LogP contribution is -2.33. The summed E-state index contributed by atoms with van der Waals surface area (Å²) in [7, 11) is 0. The summed E-state index contributed by atoms with van der Waals surface area (Å²) in [5, 5.41) is 13.8. The molecule has 0 saturated carbocycles. The molecule has 0 aliphatic carbocycles. The Morgan fingerprint density at radius 2 is 1.97 bits per heavy atom. The van der Waals surface area contributed by atoms with Crippen LogP contribution in [0.25, 0.3) is 10.8 Å². The third-order valence-electron chi connectivity index (χ3n) is 5.34. The van der Waals surface area contributed by atoms with Gasteiger partial charge in [0.1, 0.15) is 0 Å². The minimum Gasteiger partial charge on any atom is -0.381 e. The highest BCUT2D eigenvalue weighted by Crippen LogP contribution is 2.21. The Kier molecular flexibility index (Phi) is 6.30. The highest BCUT2D eigenvalue weighted by Gasteiger charge is 2.12. The molecule has 7 nitrogen and oxygen atoms in total. The van der Waals surface area contributed by atoms with Gasteiger partial charge in [0.25, 0.3) is 11.5 Å².